The molecule has 0 unspecified atom stereocenters. The molecule has 0 N–H and O–H groups in total. The number of nitrogens with zero attached hydrogens (tertiary/aromatic N) is 3. The zero-order valence-corrected chi connectivity index (χ0v) is 13.3. The molecular formula is C18H23N3O. The van der Waals surface area contributed by atoms with Crippen LogP contribution < -0.4 is 0 Å². The molecule has 1 amide bonds. The van der Waals surface area contributed by atoms with Gasteiger partial charge in [-0.25, -0.2) is 0 Å². The maximum Gasteiger partial charge on any atom is 0.209 e. The highest BCUT2D eigenvalue weighted by Crippen LogP contribution is 2.52. The normalized spacial score (nSPS) is 20.4. The standard InChI is InChI=1S/C18H23N3O/c1-13(2)21-9-16-4-3-14(6-17(16)19-21)5-15-7-18(8-15)10-20(11-18)12-22/h3-4,6,9,12-13,15H,5,7-8,10-11H2,1-2H3. The first kappa shape index (κ1) is 13.8. The van der Waals surface area contributed by atoms with E-state index >= 15 is 0 Å². The van der Waals surface area contributed by atoms with E-state index in [-0.39, 0.29) is 0 Å². The van der Waals surface area contributed by atoms with Crippen LogP contribution in [0.15, 0.2) is 24.4 Å². The second kappa shape index (κ2) is 4.83. The van der Waals surface area contributed by atoms with Gasteiger partial charge in [0.25, 0.3) is 0 Å². The Bertz CT molecular complexity index is 704. The quantitative estimate of drug-likeness (QED) is 0.814. The van der Waals surface area contributed by atoms with Gasteiger partial charge in [-0.3, -0.25) is 9.48 Å². The molecule has 1 aliphatic carbocycles. The van der Waals surface area contributed by atoms with E-state index in [4.69, 9.17) is 0 Å². The molecule has 2 aromatic rings. The van der Waals surface area contributed by atoms with Gasteiger partial charge in [0.15, 0.2) is 0 Å². The van der Waals surface area contributed by atoms with Crippen molar-refractivity contribution in [2.45, 2.75) is 39.2 Å². The number of amides is 1. The molecule has 0 bridgehead atoms. The van der Waals surface area contributed by atoms with Gasteiger partial charge in [0.2, 0.25) is 6.41 Å². The Balaban J connectivity index is 1.41. The van der Waals surface area contributed by atoms with Crippen molar-refractivity contribution in [3.8, 4) is 0 Å². The van der Waals surface area contributed by atoms with Gasteiger partial charge >= 0.3 is 0 Å². The van der Waals surface area contributed by atoms with Crippen molar-refractivity contribution in [3.63, 3.8) is 0 Å². The largest absolute Gasteiger partial charge is 0.344 e. The van der Waals surface area contributed by atoms with Crippen molar-refractivity contribution in [1.82, 2.24) is 14.7 Å². The van der Waals surface area contributed by atoms with Gasteiger partial charge in [0, 0.05) is 36.1 Å². The molecule has 2 aliphatic rings. The number of carbonyl (C=O) groups excluding carboxylic acids is 1. The molecule has 2 fully saturated rings. The summed E-state index contributed by atoms with van der Waals surface area (Å²) in [6, 6.07) is 7.10. The average molecular weight is 297 g/mol. The molecule has 0 radical (unpaired) electrons. The third-order valence-corrected chi connectivity index (χ3v) is 5.31. The minimum atomic E-state index is 0.404. The van der Waals surface area contributed by atoms with Gasteiger partial charge in [0.05, 0.1) is 5.52 Å². The third-order valence-electron chi connectivity index (χ3n) is 5.31. The Labute approximate surface area is 131 Å². The van der Waals surface area contributed by atoms with Gasteiger partial charge in [-0.2, -0.15) is 5.10 Å². The zero-order valence-electron chi connectivity index (χ0n) is 13.3. The van der Waals surface area contributed by atoms with Crippen LogP contribution in [0.3, 0.4) is 0 Å². The van der Waals surface area contributed by atoms with Gasteiger partial charge in [-0.15, -0.1) is 0 Å². The summed E-state index contributed by atoms with van der Waals surface area (Å²) in [5, 5.41) is 5.90. The van der Waals surface area contributed by atoms with Crippen molar-refractivity contribution < 1.29 is 4.79 Å². The topological polar surface area (TPSA) is 38.1 Å². The molecule has 1 aliphatic heterocycles. The van der Waals surface area contributed by atoms with Crippen LogP contribution in [-0.2, 0) is 11.2 Å². The van der Waals surface area contributed by atoms with Crippen molar-refractivity contribution in [1.29, 1.82) is 0 Å². The summed E-state index contributed by atoms with van der Waals surface area (Å²) in [6.07, 6.45) is 6.81. The Hall–Kier alpha value is -1.84. The fourth-order valence-corrected chi connectivity index (χ4v) is 4.26. The molecule has 1 saturated heterocycles. The monoisotopic (exact) mass is 297 g/mol. The first-order chi connectivity index (χ1) is 10.6. The molecule has 116 valence electrons. The van der Waals surface area contributed by atoms with E-state index in [1.807, 2.05) is 9.58 Å². The van der Waals surface area contributed by atoms with Crippen LogP contribution in [0.1, 0.15) is 38.3 Å². The lowest BCUT2D eigenvalue weighted by atomic mass is 9.56. The number of fused-ring (bicyclic) bond motifs is 1. The molecule has 1 aromatic carbocycles. The number of hydrogen-bond acceptors (Lipinski definition) is 2. The number of aromatic nitrogens is 2. The molecule has 2 heterocycles. The highest BCUT2D eigenvalue weighted by atomic mass is 16.1. The molecule has 4 heteroatoms. The first-order valence-corrected chi connectivity index (χ1v) is 8.24. The molecular weight excluding hydrogens is 274 g/mol. The van der Waals surface area contributed by atoms with E-state index < -0.39 is 0 Å². The SMILES string of the molecule is CC(C)n1cc2ccc(CC3CC4(C3)CN(C=O)C4)cc2n1. The second-order valence-electron chi connectivity index (χ2n) is 7.58. The third kappa shape index (κ3) is 2.21. The van der Waals surface area contributed by atoms with Crippen LogP contribution in [-0.4, -0.2) is 34.2 Å². The lowest BCUT2D eigenvalue weighted by molar-refractivity contribution is -0.141. The summed E-state index contributed by atoms with van der Waals surface area (Å²) in [5.41, 5.74) is 2.97. The summed E-state index contributed by atoms with van der Waals surface area (Å²) < 4.78 is 2.04. The fraction of sp³-hybridized carbons (Fsp3) is 0.556. The Kier molecular flexibility index (Phi) is 3.03. The van der Waals surface area contributed by atoms with Crippen LogP contribution in [0.25, 0.3) is 10.9 Å². The maximum atomic E-state index is 10.7. The number of rotatable bonds is 4. The van der Waals surface area contributed by atoms with Crippen LogP contribution in [0.4, 0.5) is 0 Å². The van der Waals surface area contributed by atoms with E-state index in [1.165, 1.54) is 23.8 Å². The molecule has 22 heavy (non-hydrogen) atoms. The Morgan fingerprint density at radius 3 is 2.82 bits per heavy atom. The smallest absolute Gasteiger partial charge is 0.209 e. The number of benzene rings is 1. The summed E-state index contributed by atoms with van der Waals surface area (Å²) in [6.45, 7) is 6.26. The summed E-state index contributed by atoms with van der Waals surface area (Å²) in [7, 11) is 0. The molecule has 0 atom stereocenters. The van der Waals surface area contributed by atoms with E-state index in [0.29, 0.717) is 11.5 Å². The second-order valence-corrected chi connectivity index (χ2v) is 7.58. The van der Waals surface area contributed by atoms with Crippen LogP contribution >= 0.6 is 0 Å². The predicted octanol–water partition coefficient (Wildman–Crippen LogP) is 3.03. The van der Waals surface area contributed by atoms with Gasteiger partial charge in [-0.05, 0) is 50.7 Å². The van der Waals surface area contributed by atoms with Gasteiger partial charge in [0.1, 0.15) is 0 Å². The summed E-state index contributed by atoms with van der Waals surface area (Å²) in [4.78, 5) is 12.6. The lowest BCUT2D eigenvalue weighted by Gasteiger charge is -2.58. The van der Waals surface area contributed by atoms with Gasteiger partial charge in [-0.1, -0.05) is 12.1 Å². The zero-order chi connectivity index (χ0) is 15.3. The van der Waals surface area contributed by atoms with Crippen LogP contribution in [0.5, 0.6) is 0 Å². The Morgan fingerprint density at radius 2 is 2.14 bits per heavy atom. The minimum Gasteiger partial charge on any atom is -0.344 e. The minimum absolute atomic E-state index is 0.404. The maximum absolute atomic E-state index is 10.7. The molecule has 4 rings (SSSR count). The molecule has 1 spiro atoms. The summed E-state index contributed by atoms with van der Waals surface area (Å²) >= 11 is 0. The van der Waals surface area contributed by atoms with Gasteiger partial charge < -0.3 is 4.90 Å². The summed E-state index contributed by atoms with van der Waals surface area (Å²) in [5.74, 6) is 0.776. The Morgan fingerprint density at radius 1 is 1.36 bits per heavy atom. The molecule has 4 nitrogen and oxygen atoms in total. The van der Waals surface area contributed by atoms with Crippen molar-refractivity contribution >= 4 is 17.3 Å². The van der Waals surface area contributed by atoms with E-state index in [0.717, 1.165) is 37.4 Å². The van der Waals surface area contributed by atoms with Crippen molar-refractivity contribution in [2.24, 2.45) is 11.3 Å². The van der Waals surface area contributed by atoms with E-state index in [1.54, 1.807) is 0 Å². The van der Waals surface area contributed by atoms with Crippen LogP contribution in [0.2, 0.25) is 0 Å². The first-order valence-electron chi connectivity index (χ1n) is 8.24. The highest BCUT2D eigenvalue weighted by molar-refractivity contribution is 5.78. The number of carbonyl (C=O) groups is 1. The predicted molar refractivity (Wildman–Crippen MR) is 86.6 cm³/mol. The fourth-order valence-electron chi connectivity index (χ4n) is 4.26. The molecule has 1 saturated carbocycles. The average Bonchev–Trinajstić information content (AvgIpc) is 2.83. The van der Waals surface area contributed by atoms with Crippen LogP contribution in [0, 0.1) is 11.3 Å². The number of hydrogen-bond donors (Lipinski definition) is 0. The van der Waals surface area contributed by atoms with Crippen molar-refractivity contribution in [2.75, 3.05) is 13.1 Å². The highest BCUT2D eigenvalue weighted by Gasteiger charge is 2.51. The van der Waals surface area contributed by atoms with Crippen molar-refractivity contribution in [3.05, 3.63) is 30.0 Å². The van der Waals surface area contributed by atoms with E-state index in [9.17, 15) is 4.79 Å². The van der Waals surface area contributed by atoms with E-state index in [2.05, 4.69) is 43.3 Å². The lowest BCUT2D eigenvalue weighted by Crippen LogP contribution is -2.61. The molecule has 1 aromatic heterocycles. The number of likely N-dealkylation sites (tertiary alicyclic amines) is 1.